The van der Waals surface area contributed by atoms with Crippen LogP contribution in [0.25, 0.3) is 0 Å². The Morgan fingerprint density at radius 2 is 2.18 bits per heavy atom. The Hall–Kier alpha value is -1.43. The lowest BCUT2D eigenvalue weighted by atomic mass is 10.2. The molecule has 1 heterocycles. The fraction of sp³-hybridized carbons (Fsp3) is 0.727. The minimum Gasteiger partial charge on any atom is -0.481 e. The van der Waals surface area contributed by atoms with E-state index in [-0.39, 0.29) is 6.42 Å². The smallest absolute Gasteiger partial charge is 0.303 e. The molecule has 0 atom stereocenters. The average molecular weight is 241 g/mol. The summed E-state index contributed by atoms with van der Waals surface area (Å²) in [7, 11) is 0. The Bertz CT molecular complexity index is 338. The first-order valence-electron chi connectivity index (χ1n) is 5.90. The number of carbonyl (C=O) groups is 1. The van der Waals surface area contributed by atoms with Crippen LogP contribution in [0.15, 0.2) is 4.52 Å². The third-order valence-electron chi connectivity index (χ3n) is 2.34. The molecule has 0 saturated carbocycles. The summed E-state index contributed by atoms with van der Waals surface area (Å²) in [5.74, 6) is 0.597. The second-order valence-corrected chi connectivity index (χ2v) is 3.93. The van der Waals surface area contributed by atoms with Gasteiger partial charge in [0.25, 0.3) is 0 Å². The quantitative estimate of drug-likeness (QED) is 0.631. The molecule has 0 aromatic carbocycles. The van der Waals surface area contributed by atoms with Gasteiger partial charge in [-0.3, -0.25) is 4.79 Å². The van der Waals surface area contributed by atoms with E-state index in [0.717, 1.165) is 44.6 Å². The van der Waals surface area contributed by atoms with Crippen LogP contribution in [0, 0.1) is 6.92 Å². The van der Waals surface area contributed by atoms with E-state index >= 15 is 0 Å². The van der Waals surface area contributed by atoms with Gasteiger partial charge in [-0.1, -0.05) is 11.6 Å². The molecule has 0 amide bonds. The van der Waals surface area contributed by atoms with Crippen molar-refractivity contribution in [1.82, 2.24) is 15.5 Å². The highest BCUT2D eigenvalue weighted by molar-refractivity contribution is 5.66. The Morgan fingerprint density at radius 3 is 2.82 bits per heavy atom. The second kappa shape index (κ2) is 7.78. The molecule has 0 spiro atoms. The molecule has 0 radical (unpaired) electrons. The van der Waals surface area contributed by atoms with Gasteiger partial charge in [-0.25, -0.2) is 0 Å². The Balaban J connectivity index is 1.89. The number of aliphatic carboxylic acids is 1. The van der Waals surface area contributed by atoms with Gasteiger partial charge in [0, 0.05) is 26.3 Å². The highest BCUT2D eigenvalue weighted by atomic mass is 16.5. The monoisotopic (exact) mass is 241 g/mol. The second-order valence-electron chi connectivity index (χ2n) is 3.93. The normalized spacial score (nSPS) is 10.6. The average Bonchev–Trinajstić information content (AvgIpc) is 2.68. The zero-order valence-electron chi connectivity index (χ0n) is 10.1. The number of hydrogen-bond acceptors (Lipinski definition) is 5. The maximum atomic E-state index is 10.3. The van der Waals surface area contributed by atoms with Crippen molar-refractivity contribution < 1.29 is 14.4 Å². The lowest BCUT2D eigenvalue weighted by Crippen LogP contribution is -2.19. The van der Waals surface area contributed by atoms with Gasteiger partial charge in [-0.2, -0.15) is 4.98 Å². The molecular formula is C11H19N3O3. The van der Waals surface area contributed by atoms with Gasteiger partial charge in [-0.15, -0.1) is 0 Å². The van der Waals surface area contributed by atoms with Crippen LogP contribution in [-0.4, -0.2) is 34.3 Å². The lowest BCUT2D eigenvalue weighted by Gasteiger charge is -2.02. The zero-order chi connectivity index (χ0) is 12.5. The van der Waals surface area contributed by atoms with Crippen molar-refractivity contribution in [3.63, 3.8) is 0 Å². The van der Waals surface area contributed by atoms with Gasteiger partial charge in [0.15, 0.2) is 5.82 Å². The van der Waals surface area contributed by atoms with Crippen LogP contribution in [0.2, 0.25) is 0 Å². The highest BCUT2D eigenvalue weighted by Crippen LogP contribution is 1.99. The molecule has 6 nitrogen and oxygen atoms in total. The van der Waals surface area contributed by atoms with Gasteiger partial charge < -0.3 is 14.9 Å². The van der Waals surface area contributed by atoms with Crippen LogP contribution in [0.1, 0.15) is 37.4 Å². The van der Waals surface area contributed by atoms with E-state index in [1.807, 2.05) is 0 Å². The summed E-state index contributed by atoms with van der Waals surface area (Å²) in [6.07, 6.45) is 3.72. The van der Waals surface area contributed by atoms with E-state index < -0.39 is 5.97 Å². The predicted molar refractivity (Wildman–Crippen MR) is 61.7 cm³/mol. The van der Waals surface area contributed by atoms with Gasteiger partial charge in [0.1, 0.15) is 0 Å². The molecule has 17 heavy (non-hydrogen) atoms. The number of rotatable bonds is 9. The van der Waals surface area contributed by atoms with Gasteiger partial charge in [0.2, 0.25) is 5.89 Å². The molecule has 1 aromatic rings. The zero-order valence-corrected chi connectivity index (χ0v) is 10.1. The molecule has 0 aliphatic carbocycles. The molecule has 0 saturated heterocycles. The van der Waals surface area contributed by atoms with E-state index in [2.05, 4.69) is 15.5 Å². The molecule has 0 aliphatic rings. The summed E-state index contributed by atoms with van der Waals surface area (Å²) >= 11 is 0. The molecule has 1 aromatic heterocycles. The first-order chi connectivity index (χ1) is 8.18. The van der Waals surface area contributed by atoms with Crippen molar-refractivity contribution in [2.45, 2.75) is 39.0 Å². The molecule has 0 bridgehead atoms. The summed E-state index contributed by atoms with van der Waals surface area (Å²) in [4.78, 5) is 14.3. The van der Waals surface area contributed by atoms with Crippen LogP contribution < -0.4 is 5.32 Å². The van der Waals surface area contributed by atoms with Crippen LogP contribution in [0.5, 0.6) is 0 Å². The Labute approximate surface area is 100 Å². The standard InChI is InChI=1S/C11H19N3O3/c1-9-13-10(14-17-9)6-8-12-7-4-2-3-5-11(15)16/h12H,2-8H2,1H3,(H,15,16). The van der Waals surface area contributed by atoms with Crippen LogP contribution in [-0.2, 0) is 11.2 Å². The van der Waals surface area contributed by atoms with Crippen molar-refractivity contribution in [2.75, 3.05) is 13.1 Å². The maximum Gasteiger partial charge on any atom is 0.303 e. The predicted octanol–water partition coefficient (Wildman–Crippen LogP) is 1.16. The van der Waals surface area contributed by atoms with Crippen molar-refractivity contribution in [1.29, 1.82) is 0 Å². The fourth-order valence-electron chi connectivity index (χ4n) is 1.47. The van der Waals surface area contributed by atoms with Crippen LogP contribution in [0.3, 0.4) is 0 Å². The number of hydrogen-bond donors (Lipinski definition) is 2. The first-order valence-corrected chi connectivity index (χ1v) is 5.90. The number of carboxylic acids is 1. The van der Waals surface area contributed by atoms with Gasteiger partial charge in [-0.05, 0) is 19.4 Å². The maximum absolute atomic E-state index is 10.3. The fourth-order valence-corrected chi connectivity index (χ4v) is 1.47. The van der Waals surface area contributed by atoms with E-state index in [1.165, 1.54) is 0 Å². The van der Waals surface area contributed by atoms with Crippen molar-refractivity contribution in [3.05, 3.63) is 11.7 Å². The molecule has 0 aliphatic heterocycles. The van der Waals surface area contributed by atoms with Gasteiger partial charge in [0.05, 0.1) is 0 Å². The van der Waals surface area contributed by atoms with E-state index in [1.54, 1.807) is 6.92 Å². The summed E-state index contributed by atoms with van der Waals surface area (Å²) in [6.45, 7) is 3.49. The van der Waals surface area contributed by atoms with E-state index in [0.29, 0.717) is 5.89 Å². The minimum absolute atomic E-state index is 0.266. The summed E-state index contributed by atoms with van der Waals surface area (Å²) < 4.78 is 4.85. The Morgan fingerprint density at radius 1 is 1.35 bits per heavy atom. The highest BCUT2D eigenvalue weighted by Gasteiger charge is 2.01. The number of aryl methyl sites for hydroxylation is 1. The molecule has 1 rings (SSSR count). The van der Waals surface area contributed by atoms with Crippen molar-refractivity contribution in [2.24, 2.45) is 0 Å². The molecule has 0 unspecified atom stereocenters. The summed E-state index contributed by atoms with van der Waals surface area (Å²) in [5.41, 5.74) is 0. The number of nitrogens with zero attached hydrogens (tertiary/aromatic N) is 2. The molecule has 0 fully saturated rings. The lowest BCUT2D eigenvalue weighted by molar-refractivity contribution is -0.137. The molecular weight excluding hydrogens is 222 g/mol. The minimum atomic E-state index is -0.717. The SMILES string of the molecule is Cc1nc(CCNCCCCCC(=O)O)no1. The van der Waals surface area contributed by atoms with Gasteiger partial charge >= 0.3 is 5.97 Å². The first kappa shape index (κ1) is 13.6. The van der Waals surface area contributed by atoms with E-state index in [4.69, 9.17) is 9.63 Å². The van der Waals surface area contributed by atoms with Crippen LogP contribution >= 0.6 is 0 Å². The van der Waals surface area contributed by atoms with E-state index in [9.17, 15) is 4.79 Å². The molecule has 2 N–H and O–H groups in total. The topological polar surface area (TPSA) is 88.2 Å². The Kier molecular flexibility index (Phi) is 6.24. The molecule has 96 valence electrons. The number of unbranched alkanes of at least 4 members (excludes halogenated alkanes) is 2. The van der Waals surface area contributed by atoms with Crippen LogP contribution in [0.4, 0.5) is 0 Å². The van der Waals surface area contributed by atoms with Crippen molar-refractivity contribution >= 4 is 5.97 Å². The third kappa shape index (κ3) is 6.68. The number of aromatic nitrogens is 2. The summed E-state index contributed by atoms with van der Waals surface area (Å²) in [5, 5.41) is 15.5. The number of carboxylic acid groups (broad SMARTS) is 1. The largest absolute Gasteiger partial charge is 0.481 e. The third-order valence-corrected chi connectivity index (χ3v) is 2.34. The van der Waals surface area contributed by atoms with Crippen molar-refractivity contribution in [3.8, 4) is 0 Å². The molecule has 6 heteroatoms. The summed E-state index contributed by atoms with van der Waals surface area (Å²) in [6, 6.07) is 0. The number of nitrogens with one attached hydrogen (secondary N) is 1.